The van der Waals surface area contributed by atoms with Gasteiger partial charge in [0.25, 0.3) is 7.82 Å². The van der Waals surface area contributed by atoms with E-state index in [2.05, 4.69) is 19.2 Å². The molecule has 9 heteroatoms. The van der Waals surface area contributed by atoms with Crippen molar-refractivity contribution >= 4 is 13.7 Å². The summed E-state index contributed by atoms with van der Waals surface area (Å²) in [7, 11) is 1.33. The summed E-state index contributed by atoms with van der Waals surface area (Å²) >= 11 is 0. The fraction of sp³-hybridized carbons (Fsp3) is 0.986. The molecule has 0 radical (unpaired) electrons. The van der Waals surface area contributed by atoms with E-state index in [0.29, 0.717) is 23.9 Å². The minimum absolute atomic E-state index is 0.0169. The van der Waals surface area contributed by atoms with E-state index < -0.39 is 20.0 Å². The van der Waals surface area contributed by atoms with Crippen molar-refractivity contribution in [3.63, 3.8) is 0 Å². The van der Waals surface area contributed by atoms with Crippen LogP contribution in [0.1, 0.15) is 393 Å². The average Bonchev–Trinajstić information content (AvgIpc) is 3.42. The summed E-state index contributed by atoms with van der Waals surface area (Å²) in [5.41, 5.74) is 0. The largest absolute Gasteiger partial charge is 0.756 e. The molecular formula is C70H143N2O6P. The topological polar surface area (TPSA) is 108 Å². The van der Waals surface area contributed by atoms with Crippen LogP contribution < -0.4 is 10.2 Å². The number of nitrogens with one attached hydrogen (secondary N) is 1. The molecule has 0 aromatic heterocycles. The van der Waals surface area contributed by atoms with Crippen LogP contribution in [-0.4, -0.2) is 68.5 Å². The zero-order valence-corrected chi connectivity index (χ0v) is 55.3. The van der Waals surface area contributed by atoms with Crippen molar-refractivity contribution in [2.24, 2.45) is 0 Å². The molecule has 0 bridgehead atoms. The highest BCUT2D eigenvalue weighted by Crippen LogP contribution is 2.38. The van der Waals surface area contributed by atoms with E-state index in [9.17, 15) is 19.4 Å². The number of phosphoric acid groups is 1. The first-order chi connectivity index (χ1) is 38.5. The first-order valence-corrected chi connectivity index (χ1v) is 37.3. The third-order valence-corrected chi connectivity index (χ3v) is 18.1. The summed E-state index contributed by atoms with van der Waals surface area (Å²) in [6, 6.07) is -0.796. The number of unbranched alkanes of at least 4 members (excludes halogenated alkanes) is 55. The lowest BCUT2D eigenvalue weighted by Crippen LogP contribution is -2.46. The lowest BCUT2D eigenvalue weighted by atomic mass is 10.0. The van der Waals surface area contributed by atoms with Gasteiger partial charge in [-0.3, -0.25) is 9.36 Å². The van der Waals surface area contributed by atoms with Gasteiger partial charge in [0.15, 0.2) is 0 Å². The van der Waals surface area contributed by atoms with Gasteiger partial charge in [-0.05, 0) is 12.8 Å². The SMILES string of the molecule is CCCCCCCCCCCCCCCCCCCCCCCCCCCCCCCCCCCCCCCCC(=O)NC(COP(=O)([O-])OCC[N+](C)(C)C)C(O)CCCCCCCCCCCCCCCCCCCCC. The molecule has 0 aromatic rings. The van der Waals surface area contributed by atoms with Crippen molar-refractivity contribution in [3.05, 3.63) is 0 Å². The number of likely N-dealkylation sites (N-methyl/N-ethyl adjacent to an activating group) is 1. The number of amides is 1. The van der Waals surface area contributed by atoms with E-state index in [1.807, 2.05) is 21.1 Å². The second-order valence-corrected chi connectivity index (χ2v) is 27.7. The van der Waals surface area contributed by atoms with Gasteiger partial charge in [0.1, 0.15) is 13.2 Å². The second kappa shape index (κ2) is 62.0. The van der Waals surface area contributed by atoms with E-state index in [1.165, 1.54) is 327 Å². The molecular weight excluding hydrogens is 996 g/mol. The summed E-state index contributed by atoms with van der Waals surface area (Å²) in [5.74, 6) is -0.154. The summed E-state index contributed by atoms with van der Waals surface area (Å²) in [6.07, 6.45) is 77.7. The fourth-order valence-corrected chi connectivity index (χ4v) is 12.2. The van der Waals surface area contributed by atoms with E-state index in [0.717, 1.165) is 38.5 Å². The Bertz CT molecular complexity index is 1250. The Labute approximate surface area is 495 Å². The summed E-state index contributed by atoms with van der Waals surface area (Å²) in [6.45, 7) is 4.80. The third kappa shape index (κ3) is 64.9. The van der Waals surface area contributed by atoms with Gasteiger partial charge < -0.3 is 28.8 Å². The molecule has 0 spiro atoms. The van der Waals surface area contributed by atoms with Gasteiger partial charge in [-0.2, -0.15) is 0 Å². The van der Waals surface area contributed by atoms with Crippen LogP contribution in [0.25, 0.3) is 0 Å². The van der Waals surface area contributed by atoms with E-state index in [-0.39, 0.29) is 19.1 Å². The smallest absolute Gasteiger partial charge is 0.268 e. The molecule has 0 saturated carbocycles. The van der Waals surface area contributed by atoms with Gasteiger partial charge in [0.2, 0.25) is 5.91 Å². The van der Waals surface area contributed by atoms with Crippen LogP contribution in [-0.2, 0) is 18.4 Å². The minimum atomic E-state index is -4.57. The Kier molecular flexibility index (Phi) is 61.7. The molecule has 0 aliphatic heterocycles. The molecule has 0 saturated heterocycles. The number of rotatable bonds is 68. The van der Waals surface area contributed by atoms with Gasteiger partial charge in [-0.1, -0.05) is 373 Å². The van der Waals surface area contributed by atoms with Crippen LogP contribution >= 0.6 is 7.82 Å². The predicted octanol–water partition coefficient (Wildman–Crippen LogP) is 22.1. The molecule has 0 fully saturated rings. The minimum Gasteiger partial charge on any atom is -0.756 e. The normalized spacial score (nSPS) is 13.6. The lowest BCUT2D eigenvalue weighted by Gasteiger charge is -2.30. The second-order valence-electron chi connectivity index (χ2n) is 26.3. The molecule has 0 aliphatic rings. The van der Waals surface area contributed by atoms with Gasteiger partial charge in [0, 0.05) is 6.42 Å². The van der Waals surface area contributed by atoms with Crippen LogP contribution in [0.15, 0.2) is 0 Å². The average molecular weight is 1140 g/mol. The molecule has 0 aliphatic carbocycles. The maximum Gasteiger partial charge on any atom is 0.268 e. The van der Waals surface area contributed by atoms with Crippen LogP contribution in [0.2, 0.25) is 0 Å². The number of hydrogen-bond donors (Lipinski definition) is 2. The van der Waals surface area contributed by atoms with Crippen molar-refractivity contribution in [3.8, 4) is 0 Å². The number of carbonyl (C=O) groups is 1. The van der Waals surface area contributed by atoms with Crippen LogP contribution in [0.4, 0.5) is 0 Å². The zero-order chi connectivity index (χ0) is 57.7. The molecule has 474 valence electrons. The van der Waals surface area contributed by atoms with Crippen LogP contribution in [0.3, 0.4) is 0 Å². The fourth-order valence-electron chi connectivity index (χ4n) is 11.5. The number of aliphatic hydroxyl groups is 1. The predicted molar refractivity (Wildman–Crippen MR) is 344 cm³/mol. The van der Waals surface area contributed by atoms with Crippen molar-refractivity contribution in [2.75, 3.05) is 40.9 Å². The number of carbonyl (C=O) groups excluding carboxylic acids is 1. The van der Waals surface area contributed by atoms with E-state index >= 15 is 0 Å². The van der Waals surface area contributed by atoms with E-state index in [4.69, 9.17) is 9.05 Å². The number of aliphatic hydroxyl groups excluding tert-OH is 1. The van der Waals surface area contributed by atoms with Gasteiger partial charge in [0.05, 0.1) is 39.9 Å². The highest BCUT2D eigenvalue weighted by atomic mass is 31.2. The molecule has 0 rings (SSSR count). The summed E-state index contributed by atoms with van der Waals surface area (Å²) in [5, 5.41) is 14.1. The highest BCUT2D eigenvalue weighted by molar-refractivity contribution is 7.45. The molecule has 8 nitrogen and oxygen atoms in total. The molecule has 0 heterocycles. The highest BCUT2D eigenvalue weighted by Gasteiger charge is 2.24. The first-order valence-electron chi connectivity index (χ1n) is 35.9. The number of quaternary nitrogens is 1. The molecule has 79 heavy (non-hydrogen) atoms. The van der Waals surface area contributed by atoms with Crippen molar-refractivity contribution < 1.29 is 32.9 Å². The van der Waals surface area contributed by atoms with Gasteiger partial charge in [-0.25, -0.2) is 0 Å². The number of hydrogen-bond acceptors (Lipinski definition) is 6. The molecule has 0 aromatic carbocycles. The number of phosphoric ester groups is 1. The van der Waals surface area contributed by atoms with Gasteiger partial charge >= 0.3 is 0 Å². The molecule has 1 amide bonds. The molecule has 3 atom stereocenters. The van der Waals surface area contributed by atoms with Crippen LogP contribution in [0, 0.1) is 0 Å². The monoisotopic (exact) mass is 1140 g/mol. The van der Waals surface area contributed by atoms with Gasteiger partial charge in [-0.15, -0.1) is 0 Å². The Morgan fingerprint density at radius 3 is 0.861 bits per heavy atom. The lowest BCUT2D eigenvalue weighted by molar-refractivity contribution is -0.870. The van der Waals surface area contributed by atoms with Crippen molar-refractivity contribution in [1.82, 2.24) is 5.32 Å². The Balaban J connectivity index is 3.86. The van der Waals surface area contributed by atoms with Crippen molar-refractivity contribution in [2.45, 2.75) is 405 Å². The molecule has 2 N–H and O–H groups in total. The Hall–Kier alpha value is -0.500. The van der Waals surface area contributed by atoms with E-state index in [1.54, 1.807) is 0 Å². The standard InChI is InChI=1S/C70H143N2O6P/c1-6-8-10-12-14-16-18-20-22-24-26-27-28-29-30-31-32-33-34-35-36-37-38-39-40-41-42-43-44-46-48-50-52-54-56-58-60-62-64-70(74)71-68(67-78-79(75,76)77-66-65-72(3,4)5)69(73)63-61-59-57-55-53-51-49-47-45-25-23-21-19-17-15-13-11-9-7-2/h68-69,73H,6-67H2,1-5H3,(H-,71,74,75,76). The first kappa shape index (κ1) is 78.5. The maximum atomic E-state index is 13.0. The Morgan fingerprint density at radius 2 is 0.620 bits per heavy atom. The quantitative estimate of drug-likeness (QED) is 0.0357. The molecule has 3 unspecified atom stereocenters. The maximum absolute atomic E-state index is 13.0. The Morgan fingerprint density at radius 1 is 0.392 bits per heavy atom. The van der Waals surface area contributed by atoms with Crippen LogP contribution in [0.5, 0.6) is 0 Å². The summed E-state index contributed by atoms with van der Waals surface area (Å²) in [4.78, 5) is 25.6. The zero-order valence-electron chi connectivity index (χ0n) is 54.4. The third-order valence-electron chi connectivity index (χ3n) is 17.1. The number of nitrogens with zero attached hydrogens (tertiary/aromatic N) is 1. The van der Waals surface area contributed by atoms with Crippen molar-refractivity contribution in [1.29, 1.82) is 0 Å². The summed E-state index contributed by atoms with van der Waals surface area (Å²) < 4.78 is 23.5.